The van der Waals surface area contributed by atoms with Crippen LogP contribution in [0.3, 0.4) is 0 Å². The summed E-state index contributed by atoms with van der Waals surface area (Å²) in [6.45, 7) is -0.191. The van der Waals surface area contributed by atoms with Crippen molar-refractivity contribution in [3.63, 3.8) is 0 Å². The van der Waals surface area contributed by atoms with Crippen molar-refractivity contribution in [2.45, 2.75) is 0 Å². The van der Waals surface area contributed by atoms with E-state index in [1.807, 2.05) is 0 Å². The summed E-state index contributed by atoms with van der Waals surface area (Å²) in [6.07, 6.45) is 0. The highest BCUT2D eigenvalue weighted by Gasteiger charge is 2.53. The summed E-state index contributed by atoms with van der Waals surface area (Å²) in [6, 6.07) is 6.44. The van der Waals surface area contributed by atoms with Gasteiger partial charge in [0.05, 0.1) is 13.2 Å². The van der Waals surface area contributed by atoms with Gasteiger partial charge in [0.2, 0.25) is 5.91 Å². The van der Waals surface area contributed by atoms with Crippen LogP contribution in [-0.2, 0) is 14.3 Å². The Balaban J connectivity index is 2.11. The minimum atomic E-state index is -1.46. The third kappa shape index (κ3) is 2.11. The summed E-state index contributed by atoms with van der Waals surface area (Å²) < 4.78 is 4.81. The Hall–Kier alpha value is -1.59. The van der Waals surface area contributed by atoms with E-state index in [9.17, 15) is 9.59 Å². The fraction of sp³-hybridized carbons (Fsp3) is 0.273. The van der Waals surface area contributed by atoms with Crippen molar-refractivity contribution in [2.24, 2.45) is 5.41 Å². The summed E-state index contributed by atoms with van der Waals surface area (Å²) in [5.41, 5.74) is -0.952. The van der Waals surface area contributed by atoms with E-state index in [-0.39, 0.29) is 13.2 Å². The Morgan fingerprint density at radius 2 is 1.88 bits per heavy atom. The molecular weight excluding hydrogens is 246 g/mol. The van der Waals surface area contributed by atoms with Crippen LogP contribution in [0.2, 0.25) is 5.02 Å². The topological polar surface area (TPSA) is 75.6 Å². The van der Waals surface area contributed by atoms with Gasteiger partial charge in [0.15, 0.2) is 5.41 Å². The van der Waals surface area contributed by atoms with Gasteiger partial charge >= 0.3 is 5.97 Å². The number of amides is 1. The Labute approximate surface area is 102 Å². The molecule has 17 heavy (non-hydrogen) atoms. The molecule has 0 atom stereocenters. The molecule has 0 aliphatic carbocycles. The molecule has 0 aromatic heterocycles. The number of anilines is 1. The normalized spacial score (nSPS) is 17.0. The van der Waals surface area contributed by atoms with E-state index < -0.39 is 17.3 Å². The van der Waals surface area contributed by atoms with Crippen LogP contribution in [0, 0.1) is 5.41 Å². The molecule has 1 aliphatic heterocycles. The summed E-state index contributed by atoms with van der Waals surface area (Å²) >= 11 is 5.70. The Kier molecular flexibility index (Phi) is 3.04. The van der Waals surface area contributed by atoms with Gasteiger partial charge in [-0.2, -0.15) is 0 Å². The van der Waals surface area contributed by atoms with Gasteiger partial charge in [-0.25, -0.2) is 0 Å². The van der Waals surface area contributed by atoms with Crippen LogP contribution in [0.4, 0.5) is 5.69 Å². The molecule has 1 aliphatic rings. The average molecular weight is 256 g/mol. The number of benzene rings is 1. The average Bonchev–Trinajstić information content (AvgIpc) is 2.19. The molecule has 1 aromatic carbocycles. The number of rotatable bonds is 3. The van der Waals surface area contributed by atoms with Crippen LogP contribution in [0.25, 0.3) is 0 Å². The third-order valence-electron chi connectivity index (χ3n) is 2.64. The first kappa shape index (κ1) is 11.9. The summed E-state index contributed by atoms with van der Waals surface area (Å²) in [5, 5.41) is 12.1. The molecule has 1 heterocycles. The molecule has 0 radical (unpaired) electrons. The first-order chi connectivity index (χ1) is 8.04. The molecule has 0 bridgehead atoms. The zero-order chi connectivity index (χ0) is 12.5. The molecular formula is C11H10ClNO4. The number of halogens is 1. The highest BCUT2D eigenvalue weighted by Crippen LogP contribution is 2.29. The van der Waals surface area contributed by atoms with Crippen LogP contribution >= 0.6 is 11.6 Å². The van der Waals surface area contributed by atoms with Crippen LogP contribution in [0.5, 0.6) is 0 Å². The van der Waals surface area contributed by atoms with E-state index in [0.29, 0.717) is 10.7 Å². The Morgan fingerprint density at radius 1 is 1.29 bits per heavy atom. The Morgan fingerprint density at radius 3 is 2.29 bits per heavy atom. The molecule has 1 aromatic rings. The van der Waals surface area contributed by atoms with Crippen molar-refractivity contribution in [1.82, 2.24) is 0 Å². The fourth-order valence-electron chi connectivity index (χ4n) is 1.44. The summed E-state index contributed by atoms with van der Waals surface area (Å²) in [7, 11) is 0. The zero-order valence-corrected chi connectivity index (χ0v) is 9.53. The van der Waals surface area contributed by atoms with Gasteiger partial charge in [-0.05, 0) is 24.3 Å². The third-order valence-corrected chi connectivity index (χ3v) is 2.90. The van der Waals surface area contributed by atoms with E-state index in [1.165, 1.54) is 0 Å². The number of hydrogen-bond acceptors (Lipinski definition) is 3. The number of carbonyl (C=O) groups excluding carboxylic acids is 1. The van der Waals surface area contributed by atoms with Crippen molar-refractivity contribution in [1.29, 1.82) is 0 Å². The van der Waals surface area contributed by atoms with Crippen LogP contribution < -0.4 is 5.32 Å². The molecule has 2 rings (SSSR count). The van der Waals surface area contributed by atoms with E-state index in [2.05, 4.69) is 5.32 Å². The van der Waals surface area contributed by atoms with Crippen LogP contribution in [0.15, 0.2) is 24.3 Å². The van der Waals surface area contributed by atoms with Gasteiger partial charge in [-0.3, -0.25) is 9.59 Å². The van der Waals surface area contributed by atoms with Crippen molar-refractivity contribution in [3.05, 3.63) is 29.3 Å². The molecule has 1 amide bonds. The number of carboxylic acids is 1. The molecule has 1 saturated heterocycles. The van der Waals surface area contributed by atoms with Gasteiger partial charge < -0.3 is 15.2 Å². The van der Waals surface area contributed by atoms with Gasteiger partial charge in [0, 0.05) is 10.7 Å². The van der Waals surface area contributed by atoms with E-state index >= 15 is 0 Å². The summed E-state index contributed by atoms with van der Waals surface area (Å²) in [5.74, 6) is -1.74. The van der Waals surface area contributed by atoms with Crippen LogP contribution in [-0.4, -0.2) is 30.2 Å². The van der Waals surface area contributed by atoms with Crippen molar-refractivity contribution in [2.75, 3.05) is 18.5 Å². The molecule has 6 heteroatoms. The number of carboxylic acid groups (broad SMARTS) is 1. The quantitative estimate of drug-likeness (QED) is 0.800. The lowest BCUT2D eigenvalue weighted by Crippen LogP contribution is -2.57. The van der Waals surface area contributed by atoms with E-state index in [1.54, 1.807) is 24.3 Å². The maximum atomic E-state index is 11.8. The molecule has 5 nitrogen and oxygen atoms in total. The standard InChI is InChI=1S/C11H10ClNO4/c12-7-1-3-8(4-2-7)13-9(14)11(10(15)16)5-17-6-11/h1-4H,5-6H2,(H,13,14)(H,15,16). The largest absolute Gasteiger partial charge is 0.480 e. The van der Waals surface area contributed by atoms with Gasteiger partial charge in [-0.1, -0.05) is 11.6 Å². The van der Waals surface area contributed by atoms with Crippen molar-refractivity contribution >= 4 is 29.2 Å². The first-order valence-corrected chi connectivity index (χ1v) is 5.30. The number of hydrogen-bond donors (Lipinski definition) is 2. The minimum Gasteiger partial charge on any atom is -0.480 e. The molecule has 2 N–H and O–H groups in total. The molecule has 90 valence electrons. The second-order valence-electron chi connectivity index (χ2n) is 3.84. The van der Waals surface area contributed by atoms with E-state index in [0.717, 1.165) is 0 Å². The Bertz CT molecular complexity index is 453. The summed E-state index contributed by atoms with van der Waals surface area (Å²) in [4.78, 5) is 22.9. The second kappa shape index (κ2) is 4.35. The van der Waals surface area contributed by atoms with Crippen molar-refractivity contribution < 1.29 is 19.4 Å². The van der Waals surface area contributed by atoms with E-state index in [4.69, 9.17) is 21.4 Å². The lowest BCUT2D eigenvalue weighted by molar-refractivity contribution is -0.182. The lowest BCUT2D eigenvalue weighted by atomic mass is 9.85. The number of ether oxygens (including phenoxy) is 1. The number of nitrogens with one attached hydrogen (secondary N) is 1. The SMILES string of the molecule is O=C(O)C1(C(=O)Nc2ccc(Cl)cc2)COC1. The predicted octanol–water partition coefficient (Wildman–Crippen LogP) is 1.38. The predicted molar refractivity (Wildman–Crippen MR) is 61.0 cm³/mol. The smallest absolute Gasteiger partial charge is 0.324 e. The van der Waals surface area contributed by atoms with Gasteiger partial charge in [0.1, 0.15) is 0 Å². The van der Waals surface area contributed by atoms with Gasteiger partial charge in [0.25, 0.3) is 0 Å². The van der Waals surface area contributed by atoms with Crippen LogP contribution in [0.1, 0.15) is 0 Å². The van der Waals surface area contributed by atoms with Gasteiger partial charge in [-0.15, -0.1) is 0 Å². The highest BCUT2D eigenvalue weighted by atomic mass is 35.5. The number of carbonyl (C=O) groups is 2. The lowest BCUT2D eigenvalue weighted by Gasteiger charge is -2.35. The minimum absolute atomic E-state index is 0.0955. The molecule has 1 fully saturated rings. The molecule has 0 unspecified atom stereocenters. The number of aliphatic carboxylic acids is 1. The maximum absolute atomic E-state index is 11.8. The first-order valence-electron chi connectivity index (χ1n) is 4.93. The fourth-order valence-corrected chi connectivity index (χ4v) is 1.57. The van der Waals surface area contributed by atoms with Crippen molar-refractivity contribution in [3.8, 4) is 0 Å². The highest BCUT2D eigenvalue weighted by molar-refractivity contribution is 6.30. The monoisotopic (exact) mass is 255 g/mol. The zero-order valence-electron chi connectivity index (χ0n) is 8.77. The second-order valence-corrected chi connectivity index (χ2v) is 4.28. The maximum Gasteiger partial charge on any atom is 0.324 e. The molecule has 0 saturated carbocycles. The molecule has 0 spiro atoms.